The molecular formula is C19H21N5O2. The van der Waals surface area contributed by atoms with E-state index in [1.807, 2.05) is 24.4 Å². The van der Waals surface area contributed by atoms with Crippen molar-refractivity contribution in [2.24, 2.45) is 0 Å². The molecule has 3 N–H and O–H groups in total. The Kier molecular flexibility index (Phi) is 4.30. The van der Waals surface area contributed by atoms with Crippen LogP contribution in [0.25, 0.3) is 10.9 Å². The van der Waals surface area contributed by atoms with E-state index in [0.717, 1.165) is 36.8 Å². The number of rotatable bonds is 3. The predicted molar refractivity (Wildman–Crippen MR) is 101 cm³/mol. The fourth-order valence-corrected chi connectivity index (χ4v) is 3.50. The van der Waals surface area contributed by atoms with Crippen molar-refractivity contribution < 1.29 is 4.79 Å². The predicted octanol–water partition coefficient (Wildman–Crippen LogP) is 2.21. The van der Waals surface area contributed by atoms with Crippen molar-refractivity contribution in [3.05, 3.63) is 58.1 Å². The Morgan fingerprint density at radius 1 is 1.27 bits per heavy atom. The van der Waals surface area contributed by atoms with Gasteiger partial charge in [-0.15, -0.1) is 0 Å². The van der Waals surface area contributed by atoms with E-state index < -0.39 is 0 Å². The van der Waals surface area contributed by atoms with Crippen LogP contribution in [0.2, 0.25) is 0 Å². The first-order valence-corrected chi connectivity index (χ1v) is 8.80. The maximum atomic E-state index is 13.0. The molecule has 1 fully saturated rings. The Morgan fingerprint density at radius 3 is 2.88 bits per heavy atom. The molecule has 0 unspecified atom stereocenters. The largest absolute Gasteiger partial charge is 0.322 e. The van der Waals surface area contributed by atoms with Crippen LogP contribution in [0.1, 0.15) is 34.8 Å². The molecule has 0 saturated carbocycles. The number of piperidine rings is 1. The molecule has 1 amide bonds. The molecule has 7 heteroatoms. The quantitative estimate of drug-likeness (QED) is 0.675. The van der Waals surface area contributed by atoms with Crippen LogP contribution in [-0.4, -0.2) is 33.8 Å². The zero-order valence-electron chi connectivity index (χ0n) is 14.6. The number of amides is 1. The molecule has 1 aromatic carbocycles. The minimum absolute atomic E-state index is 0.137. The highest BCUT2D eigenvalue weighted by molar-refractivity contribution is 6.05. The molecule has 1 aliphatic heterocycles. The van der Waals surface area contributed by atoms with Gasteiger partial charge in [0, 0.05) is 23.3 Å². The molecular weight excluding hydrogens is 330 g/mol. The molecule has 7 nitrogen and oxygen atoms in total. The number of aromatic amines is 1. The third-order valence-electron chi connectivity index (χ3n) is 4.96. The second-order valence-electron chi connectivity index (χ2n) is 6.69. The molecule has 0 spiro atoms. The van der Waals surface area contributed by atoms with Crippen LogP contribution >= 0.6 is 0 Å². The molecule has 26 heavy (non-hydrogen) atoms. The van der Waals surface area contributed by atoms with Crippen LogP contribution in [0.15, 0.2) is 41.5 Å². The summed E-state index contributed by atoms with van der Waals surface area (Å²) in [7, 11) is 0. The number of fused-ring (bicyclic) bond motifs is 1. The number of hydrogen-bond donors (Lipinski definition) is 3. The van der Waals surface area contributed by atoms with Crippen LogP contribution in [0.5, 0.6) is 0 Å². The SMILES string of the molecule is Cc1ccn(C2CCNCC2)c(=O)c1C(=O)Nc1ccc2[nH]ncc2c1. The van der Waals surface area contributed by atoms with E-state index in [2.05, 4.69) is 20.8 Å². The minimum atomic E-state index is -0.376. The van der Waals surface area contributed by atoms with Crippen LogP contribution in [-0.2, 0) is 0 Å². The van der Waals surface area contributed by atoms with E-state index >= 15 is 0 Å². The molecule has 3 heterocycles. The maximum absolute atomic E-state index is 13.0. The van der Waals surface area contributed by atoms with Crippen LogP contribution in [0.4, 0.5) is 5.69 Å². The highest BCUT2D eigenvalue weighted by Crippen LogP contribution is 2.19. The van der Waals surface area contributed by atoms with Gasteiger partial charge in [-0.1, -0.05) is 0 Å². The first-order chi connectivity index (χ1) is 12.6. The Balaban J connectivity index is 1.65. The molecule has 0 atom stereocenters. The lowest BCUT2D eigenvalue weighted by Gasteiger charge is -2.25. The van der Waals surface area contributed by atoms with Gasteiger partial charge in [-0.05, 0) is 62.7 Å². The lowest BCUT2D eigenvalue weighted by atomic mass is 10.0. The zero-order chi connectivity index (χ0) is 18.1. The Bertz CT molecular complexity index is 1010. The molecule has 1 saturated heterocycles. The second-order valence-corrected chi connectivity index (χ2v) is 6.69. The molecule has 4 rings (SSSR count). The number of nitrogens with one attached hydrogen (secondary N) is 3. The Hall–Kier alpha value is -2.93. The van der Waals surface area contributed by atoms with Gasteiger partial charge >= 0.3 is 0 Å². The summed E-state index contributed by atoms with van der Waals surface area (Å²) in [4.78, 5) is 25.8. The summed E-state index contributed by atoms with van der Waals surface area (Å²) in [5.74, 6) is -0.376. The van der Waals surface area contributed by atoms with Gasteiger partial charge in [-0.25, -0.2) is 0 Å². The summed E-state index contributed by atoms with van der Waals surface area (Å²) in [5.41, 5.74) is 2.20. The number of hydrogen-bond acceptors (Lipinski definition) is 4. The summed E-state index contributed by atoms with van der Waals surface area (Å²) >= 11 is 0. The average Bonchev–Trinajstić information content (AvgIpc) is 3.10. The maximum Gasteiger partial charge on any atom is 0.263 e. The van der Waals surface area contributed by atoms with Crippen molar-refractivity contribution in [2.75, 3.05) is 18.4 Å². The van der Waals surface area contributed by atoms with Gasteiger partial charge in [0.15, 0.2) is 0 Å². The molecule has 0 radical (unpaired) electrons. The molecule has 134 valence electrons. The van der Waals surface area contributed by atoms with Crippen LogP contribution < -0.4 is 16.2 Å². The van der Waals surface area contributed by atoms with E-state index in [1.54, 1.807) is 23.8 Å². The first-order valence-electron chi connectivity index (χ1n) is 8.80. The third-order valence-corrected chi connectivity index (χ3v) is 4.96. The summed E-state index contributed by atoms with van der Waals surface area (Å²) in [6.07, 6.45) is 5.28. The van der Waals surface area contributed by atoms with E-state index in [1.165, 1.54) is 0 Å². The number of nitrogens with zero attached hydrogens (tertiary/aromatic N) is 2. The zero-order valence-corrected chi connectivity index (χ0v) is 14.6. The lowest BCUT2D eigenvalue weighted by molar-refractivity contribution is 0.102. The molecule has 0 aliphatic carbocycles. The van der Waals surface area contributed by atoms with Crippen molar-refractivity contribution in [1.82, 2.24) is 20.1 Å². The minimum Gasteiger partial charge on any atom is -0.322 e. The second kappa shape index (κ2) is 6.76. The van der Waals surface area contributed by atoms with Gasteiger partial charge in [0.25, 0.3) is 11.5 Å². The summed E-state index contributed by atoms with van der Waals surface area (Å²) in [6.45, 7) is 3.57. The summed E-state index contributed by atoms with van der Waals surface area (Å²) < 4.78 is 1.71. The van der Waals surface area contributed by atoms with Crippen molar-refractivity contribution in [3.8, 4) is 0 Å². The van der Waals surface area contributed by atoms with Crippen molar-refractivity contribution in [2.45, 2.75) is 25.8 Å². The smallest absolute Gasteiger partial charge is 0.263 e. The normalized spacial score (nSPS) is 15.3. The fourth-order valence-electron chi connectivity index (χ4n) is 3.50. The number of aryl methyl sites for hydroxylation is 1. The molecule has 0 bridgehead atoms. The standard InChI is InChI=1S/C19H21N5O2/c1-12-6-9-24(15-4-7-20-8-5-15)19(26)17(12)18(25)22-14-2-3-16-13(10-14)11-21-23-16/h2-3,6,9-11,15,20H,4-5,7-8H2,1H3,(H,21,23)(H,22,25). The number of aromatic nitrogens is 3. The van der Waals surface area contributed by atoms with Crippen molar-refractivity contribution in [1.29, 1.82) is 0 Å². The number of H-pyrrole nitrogens is 1. The average molecular weight is 351 g/mol. The Morgan fingerprint density at radius 2 is 2.08 bits per heavy atom. The van der Waals surface area contributed by atoms with Gasteiger partial charge < -0.3 is 15.2 Å². The molecule has 1 aliphatic rings. The van der Waals surface area contributed by atoms with Crippen LogP contribution in [0, 0.1) is 6.92 Å². The fraction of sp³-hybridized carbons (Fsp3) is 0.316. The third kappa shape index (κ3) is 3.01. The molecule has 2 aromatic heterocycles. The van der Waals surface area contributed by atoms with Gasteiger partial charge in [0.2, 0.25) is 0 Å². The van der Waals surface area contributed by atoms with E-state index in [9.17, 15) is 9.59 Å². The van der Waals surface area contributed by atoms with Gasteiger partial charge in [0.05, 0.1) is 11.7 Å². The van der Waals surface area contributed by atoms with Gasteiger partial charge in [-0.3, -0.25) is 14.7 Å². The first kappa shape index (κ1) is 16.5. The van der Waals surface area contributed by atoms with E-state index in [0.29, 0.717) is 11.3 Å². The number of carbonyl (C=O) groups excluding carboxylic acids is 1. The van der Waals surface area contributed by atoms with Crippen LogP contribution in [0.3, 0.4) is 0 Å². The topological polar surface area (TPSA) is 91.8 Å². The number of carbonyl (C=O) groups is 1. The highest BCUT2D eigenvalue weighted by atomic mass is 16.2. The highest BCUT2D eigenvalue weighted by Gasteiger charge is 2.21. The lowest BCUT2D eigenvalue weighted by Crippen LogP contribution is -2.37. The number of pyridine rings is 1. The van der Waals surface area contributed by atoms with Gasteiger partial charge in [0.1, 0.15) is 5.56 Å². The van der Waals surface area contributed by atoms with E-state index in [-0.39, 0.29) is 23.1 Å². The Labute approximate surface area is 150 Å². The summed E-state index contributed by atoms with van der Waals surface area (Å²) in [6, 6.07) is 7.46. The monoisotopic (exact) mass is 351 g/mol. The van der Waals surface area contributed by atoms with Crippen molar-refractivity contribution >= 4 is 22.5 Å². The summed E-state index contributed by atoms with van der Waals surface area (Å²) in [5, 5.41) is 13.9. The van der Waals surface area contributed by atoms with Crippen molar-refractivity contribution in [3.63, 3.8) is 0 Å². The number of benzene rings is 1. The molecule has 3 aromatic rings. The van der Waals surface area contributed by atoms with E-state index in [4.69, 9.17) is 0 Å². The van der Waals surface area contributed by atoms with Gasteiger partial charge in [-0.2, -0.15) is 5.10 Å². The number of anilines is 1.